The Morgan fingerprint density at radius 3 is 2.50 bits per heavy atom. The van der Waals surface area contributed by atoms with Crippen molar-refractivity contribution in [1.82, 2.24) is 4.40 Å². The number of hydrogen-bond acceptors (Lipinski definition) is 6. The minimum Gasteiger partial charge on any atom is -0.493 e. The predicted molar refractivity (Wildman–Crippen MR) is 149 cm³/mol. The maximum Gasteiger partial charge on any atom is 0.354 e. The zero-order valence-corrected chi connectivity index (χ0v) is 22.1. The summed E-state index contributed by atoms with van der Waals surface area (Å²) in [5.74, 6) is -0.00119. The van der Waals surface area contributed by atoms with Gasteiger partial charge >= 0.3 is 5.97 Å². The molecule has 5 aromatic rings. The summed E-state index contributed by atoms with van der Waals surface area (Å²) in [6.07, 6.45) is 0.471. The van der Waals surface area contributed by atoms with Gasteiger partial charge in [-0.05, 0) is 52.6 Å². The van der Waals surface area contributed by atoms with E-state index in [0.717, 1.165) is 21.9 Å². The van der Waals surface area contributed by atoms with Crippen LogP contribution in [0.2, 0.25) is 0 Å². The van der Waals surface area contributed by atoms with Crippen molar-refractivity contribution in [2.24, 2.45) is 0 Å². The van der Waals surface area contributed by atoms with Crippen LogP contribution in [-0.4, -0.2) is 42.9 Å². The van der Waals surface area contributed by atoms with Gasteiger partial charge in [0.1, 0.15) is 17.2 Å². The first-order chi connectivity index (χ1) is 18.4. The summed E-state index contributed by atoms with van der Waals surface area (Å²) >= 11 is 1.23. The normalized spacial score (nSPS) is 11.2. The summed E-state index contributed by atoms with van der Waals surface area (Å²) in [7, 11) is 3.15. The van der Waals surface area contributed by atoms with Crippen LogP contribution < -0.4 is 15.0 Å². The minimum absolute atomic E-state index is 0.0857. The number of aromatic nitrogens is 1. The van der Waals surface area contributed by atoms with Crippen molar-refractivity contribution in [2.45, 2.75) is 13.3 Å². The highest BCUT2D eigenvalue weighted by Gasteiger charge is 2.25. The number of aromatic carboxylic acids is 1. The molecule has 0 saturated heterocycles. The number of benzene rings is 3. The molecule has 0 unspecified atom stereocenters. The highest BCUT2D eigenvalue weighted by molar-refractivity contribution is 7.21. The van der Waals surface area contributed by atoms with E-state index in [9.17, 15) is 14.7 Å². The Bertz CT molecular complexity index is 1710. The molecule has 0 aliphatic carbocycles. The van der Waals surface area contributed by atoms with Gasteiger partial charge in [-0.2, -0.15) is 0 Å². The molecule has 8 heteroatoms. The number of fused-ring (bicyclic) bond motifs is 2. The Morgan fingerprint density at radius 2 is 1.76 bits per heavy atom. The quantitative estimate of drug-likeness (QED) is 0.243. The maximum absolute atomic E-state index is 13.4. The Hall–Kier alpha value is -4.14. The number of methoxy groups -OCH3 is 2. The summed E-state index contributed by atoms with van der Waals surface area (Å²) in [5.41, 5.74) is 2.80. The second-order valence-corrected chi connectivity index (χ2v) is 9.90. The van der Waals surface area contributed by atoms with Crippen molar-refractivity contribution in [1.29, 1.82) is 0 Å². The van der Waals surface area contributed by atoms with Crippen LogP contribution in [0.5, 0.6) is 11.5 Å². The van der Waals surface area contributed by atoms with Crippen LogP contribution in [0.1, 0.15) is 27.2 Å². The molecule has 7 nitrogen and oxygen atoms in total. The average molecular weight is 530 g/mol. The van der Waals surface area contributed by atoms with E-state index in [1.807, 2.05) is 43.3 Å². The number of ether oxygens (including phenoxy) is 3. The van der Waals surface area contributed by atoms with Gasteiger partial charge in [-0.1, -0.05) is 42.5 Å². The van der Waals surface area contributed by atoms with Crippen molar-refractivity contribution >= 4 is 32.9 Å². The lowest BCUT2D eigenvalue weighted by Crippen LogP contribution is -2.19. The fraction of sp³-hybridized carbons (Fsp3) is 0.200. The van der Waals surface area contributed by atoms with Crippen molar-refractivity contribution in [3.8, 4) is 21.9 Å². The first kappa shape index (κ1) is 25.5. The summed E-state index contributed by atoms with van der Waals surface area (Å²) in [5, 5.41) is 12.4. The second-order valence-electron chi connectivity index (χ2n) is 8.90. The summed E-state index contributed by atoms with van der Waals surface area (Å²) < 4.78 is 17.8. The lowest BCUT2D eigenvalue weighted by Gasteiger charge is -2.12. The predicted octanol–water partition coefficient (Wildman–Crippen LogP) is 5.81. The number of hydrogen-bond donors (Lipinski definition) is 1. The molecule has 0 radical (unpaired) electrons. The van der Waals surface area contributed by atoms with E-state index in [1.165, 1.54) is 21.8 Å². The maximum atomic E-state index is 13.4. The van der Waals surface area contributed by atoms with Crippen LogP contribution in [0, 0.1) is 6.92 Å². The average Bonchev–Trinajstić information content (AvgIpc) is 3.32. The molecule has 0 atom stereocenters. The number of carbonyl (C=O) groups is 1. The largest absolute Gasteiger partial charge is 0.493 e. The first-order valence-corrected chi connectivity index (χ1v) is 12.9. The van der Waals surface area contributed by atoms with E-state index in [1.54, 1.807) is 20.3 Å². The van der Waals surface area contributed by atoms with Gasteiger partial charge in [-0.15, -0.1) is 11.3 Å². The topological polar surface area (TPSA) is 86.5 Å². The van der Waals surface area contributed by atoms with Crippen molar-refractivity contribution in [3.05, 3.63) is 99.5 Å². The smallest absolute Gasteiger partial charge is 0.354 e. The number of nitrogens with zero attached hydrogens (tertiary/aromatic N) is 1. The van der Waals surface area contributed by atoms with Crippen LogP contribution in [0.4, 0.5) is 0 Å². The van der Waals surface area contributed by atoms with Crippen LogP contribution in [0.25, 0.3) is 26.0 Å². The van der Waals surface area contributed by atoms with E-state index in [4.69, 9.17) is 14.2 Å². The molecule has 2 aromatic heterocycles. The minimum atomic E-state index is -1.18. The van der Waals surface area contributed by atoms with Crippen LogP contribution in [0.3, 0.4) is 0 Å². The van der Waals surface area contributed by atoms with Gasteiger partial charge in [-0.3, -0.25) is 9.20 Å². The summed E-state index contributed by atoms with van der Waals surface area (Å²) in [6.45, 7) is 2.77. The zero-order valence-electron chi connectivity index (χ0n) is 21.3. The molecule has 0 amide bonds. The molecule has 3 aromatic carbocycles. The van der Waals surface area contributed by atoms with Gasteiger partial charge in [0.2, 0.25) is 0 Å². The van der Waals surface area contributed by atoms with Crippen LogP contribution in [0.15, 0.2) is 71.5 Å². The highest BCUT2D eigenvalue weighted by atomic mass is 32.1. The van der Waals surface area contributed by atoms with Gasteiger partial charge in [-0.25, -0.2) is 4.79 Å². The summed E-state index contributed by atoms with van der Waals surface area (Å²) in [4.78, 5) is 26.7. The molecule has 2 heterocycles. The van der Waals surface area contributed by atoms with Gasteiger partial charge < -0.3 is 19.3 Å². The fourth-order valence-corrected chi connectivity index (χ4v) is 6.04. The number of rotatable bonds is 9. The third-order valence-electron chi connectivity index (χ3n) is 6.49. The van der Waals surface area contributed by atoms with E-state index >= 15 is 0 Å². The van der Waals surface area contributed by atoms with Crippen LogP contribution in [-0.2, 0) is 11.2 Å². The number of carboxylic acid groups (broad SMARTS) is 1. The molecule has 0 saturated carbocycles. The van der Waals surface area contributed by atoms with E-state index < -0.39 is 11.5 Å². The van der Waals surface area contributed by atoms with Gasteiger partial charge in [0.25, 0.3) is 5.56 Å². The highest BCUT2D eigenvalue weighted by Crippen LogP contribution is 2.40. The van der Waals surface area contributed by atoms with E-state index in [2.05, 4.69) is 18.2 Å². The van der Waals surface area contributed by atoms with Gasteiger partial charge in [0, 0.05) is 25.2 Å². The third kappa shape index (κ3) is 4.64. The molecular formula is C30H27NO6S. The lowest BCUT2D eigenvalue weighted by molar-refractivity contribution is 0.0690. The van der Waals surface area contributed by atoms with Crippen LogP contribution >= 0.6 is 11.3 Å². The Labute approximate surface area is 223 Å². The third-order valence-corrected chi connectivity index (χ3v) is 7.69. The molecular weight excluding hydrogens is 502 g/mol. The second kappa shape index (κ2) is 10.7. The monoisotopic (exact) mass is 529 g/mol. The lowest BCUT2D eigenvalue weighted by atomic mass is 9.98. The Morgan fingerprint density at radius 1 is 0.974 bits per heavy atom. The van der Waals surface area contributed by atoms with Crippen molar-refractivity contribution < 1.29 is 24.1 Å². The zero-order chi connectivity index (χ0) is 26.8. The standard InChI is InChI=1S/C30H27NO6S/c1-18-15-21(11-12-24(18)37-14-13-35-2)28-26(30(33)34)31-25(32)17-22(27(36-3)29(31)38-28)16-20-9-6-8-19-7-4-5-10-23(19)20/h4-12,15,17H,13-14,16H2,1-3H3,(H,33,34). The fourth-order valence-electron chi connectivity index (χ4n) is 4.75. The van der Waals surface area contributed by atoms with Gasteiger partial charge in [0.15, 0.2) is 11.4 Å². The molecule has 0 fully saturated rings. The van der Waals surface area contributed by atoms with E-state index in [0.29, 0.717) is 52.0 Å². The molecule has 1 N–H and O–H groups in total. The molecule has 0 aliphatic rings. The number of carboxylic acids is 1. The molecule has 194 valence electrons. The first-order valence-electron chi connectivity index (χ1n) is 12.1. The van der Waals surface area contributed by atoms with E-state index in [-0.39, 0.29) is 5.69 Å². The molecule has 5 rings (SSSR count). The Balaban J connectivity index is 1.65. The molecule has 0 spiro atoms. The van der Waals surface area contributed by atoms with Crippen molar-refractivity contribution in [2.75, 3.05) is 27.4 Å². The molecule has 38 heavy (non-hydrogen) atoms. The number of aryl methyl sites for hydroxylation is 1. The summed E-state index contributed by atoms with van der Waals surface area (Å²) in [6, 6.07) is 21.1. The Kier molecular flexibility index (Phi) is 7.18. The SMILES string of the molecule is COCCOc1ccc(-c2sc3c(OC)c(Cc4cccc5ccccc45)cc(=O)n3c2C(=O)O)cc1C. The molecule has 0 bridgehead atoms. The van der Waals surface area contributed by atoms with Gasteiger partial charge in [0.05, 0.1) is 18.6 Å². The number of thiazole rings is 1. The van der Waals surface area contributed by atoms with Crippen molar-refractivity contribution in [3.63, 3.8) is 0 Å². The number of pyridine rings is 1. The molecule has 0 aliphatic heterocycles.